The molecule has 1 aliphatic heterocycles. The molecule has 1 aliphatic rings. The summed E-state index contributed by atoms with van der Waals surface area (Å²) in [6.45, 7) is 2.45. The van der Waals surface area contributed by atoms with E-state index in [0.29, 0.717) is 23.6 Å². The number of benzene rings is 2. The zero-order valence-electron chi connectivity index (χ0n) is 18.2. The Balaban J connectivity index is 1.71. The summed E-state index contributed by atoms with van der Waals surface area (Å²) < 4.78 is 11.1. The predicted molar refractivity (Wildman–Crippen MR) is 122 cm³/mol. The number of hydrogen-bond donors (Lipinski definition) is 1. The quantitative estimate of drug-likeness (QED) is 0.378. The normalized spacial score (nSPS) is 13.6. The lowest BCUT2D eigenvalue weighted by atomic mass is 10.1. The Labute approximate surface area is 184 Å². The fourth-order valence-electron chi connectivity index (χ4n) is 3.76. The van der Waals surface area contributed by atoms with Gasteiger partial charge in [0, 0.05) is 31.3 Å². The highest BCUT2D eigenvalue weighted by molar-refractivity contribution is 6.02. The Kier molecular flexibility index (Phi) is 7.94. The van der Waals surface area contributed by atoms with Gasteiger partial charge in [0.2, 0.25) is 0 Å². The molecule has 1 fully saturated rings. The summed E-state index contributed by atoms with van der Waals surface area (Å²) in [5.74, 6) is 0.919. The van der Waals surface area contributed by atoms with Gasteiger partial charge in [-0.15, -0.1) is 0 Å². The molecule has 1 saturated heterocycles. The predicted octanol–water partition coefficient (Wildman–Crippen LogP) is 3.96. The van der Waals surface area contributed by atoms with E-state index in [2.05, 4.69) is 22.3 Å². The summed E-state index contributed by atoms with van der Waals surface area (Å²) in [5.41, 5.74) is 2.87. The number of carbonyl (C=O) groups excluding carboxylic acids is 1. The van der Waals surface area contributed by atoms with E-state index in [1.54, 1.807) is 20.3 Å². The number of nitriles is 1. The molecule has 3 rings (SSSR count). The summed E-state index contributed by atoms with van der Waals surface area (Å²) in [6, 6.07) is 15.9. The summed E-state index contributed by atoms with van der Waals surface area (Å²) in [4.78, 5) is 14.8. The summed E-state index contributed by atoms with van der Waals surface area (Å²) in [5, 5.41) is 12.4. The van der Waals surface area contributed by atoms with Crippen molar-refractivity contribution in [2.45, 2.75) is 25.7 Å². The van der Waals surface area contributed by atoms with E-state index in [0.717, 1.165) is 44.5 Å². The van der Waals surface area contributed by atoms with Crippen LogP contribution in [0.3, 0.4) is 0 Å². The van der Waals surface area contributed by atoms with Gasteiger partial charge in [-0.05, 0) is 43.4 Å². The second kappa shape index (κ2) is 11.1. The molecule has 0 bridgehead atoms. The number of amides is 1. The molecule has 6 nitrogen and oxygen atoms in total. The van der Waals surface area contributed by atoms with Gasteiger partial charge < -0.3 is 19.7 Å². The van der Waals surface area contributed by atoms with Gasteiger partial charge in [0.25, 0.3) is 5.91 Å². The number of nitrogens with one attached hydrogen (secondary N) is 1. The van der Waals surface area contributed by atoms with Crippen LogP contribution in [0.2, 0.25) is 0 Å². The molecule has 0 saturated carbocycles. The Bertz CT molecular complexity index is 958. The molecule has 162 valence electrons. The lowest BCUT2D eigenvalue weighted by molar-refractivity contribution is -0.117. The van der Waals surface area contributed by atoms with Gasteiger partial charge in [-0.3, -0.25) is 4.79 Å². The molecule has 0 radical (unpaired) electrons. The Morgan fingerprint density at radius 1 is 1.13 bits per heavy atom. The van der Waals surface area contributed by atoms with E-state index >= 15 is 0 Å². The van der Waals surface area contributed by atoms with E-state index in [-0.39, 0.29) is 11.5 Å². The second-order valence-corrected chi connectivity index (χ2v) is 7.48. The van der Waals surface area contributed by atoms with E-state index in [4.69, 9.17) is 9.47 Å². The van der Waals surface area contributed by atoms with Crippen LogP contribution >= 0.6 is 0 Å². The van der Waals surface area contributed by atoms with Gasteiger partial charge in [0.15, 0.2) is 0 Å². The van der Waals surface area contributed by atoms with Gasteiger partial charge in [-0.1, -0.05) is 30.3 Å². The van der Waals surface area contributed by atoms with Crippen LogP contribution in [-0.2, 0) is 11.2 Å². The van der Waals surface area contributed by atoms with Crippen molar-refractivity contribution in [3.05, 3.63) is 59.2 Å². The van der Waals surface area contributed by atoms with Gasteiger partial charge in [-0.2, -0.15) is 5.26 Å². The van der Waals surface area contributed by atoms with Crippen molar-refractivity contribution in [3.8, 4) is 17.6 Å². The number of methoxy groups -OCH3 is 2. The highest BCUT2D eigenvalue weighted by Gasteiger charge is 2.20. The van der Waals surface area contributed by atoms with Crippen LogP contribution in [0.1, 0.15) is 30.4 Å². The first-order valence-corrected chi connectivity index (χ1v) is 10.6. The van der Waals surface area contributed by atoms with Gasteiger partial charge in [0.1, 0.15) is 23.1 Å². The highest BCUT2D eigenvalue weighted by atomic mass is 16.5. The lowest BCUT2D eigenvalue weighted by Crippen LogP contribution is -2.25. The molecule has 0 spiro atoms. The van der Waals surface area contributed by atoms with Crippen LogP contribution in [-0.4, -0.2) is 39.8 Å². The Morgan fingerprint density at radius 3 is 2.48 bits per heavy atom. The maximum atomic E-state index is 12.5. The zero-order valence-corrected chi connectivity index (χ0v) is 18.2. The summed E-state index contributed by atoms with van der Waals surface area (Å²) >= 11 is 0. The van der Waals surface area contributed by atoms with Crippen molar-refractivity contribution >= 4 is 17.7 Å². The molecule has 31 heavy (non-hydrogen) atoms. The zero-order chi connectivity index (χ0) is 22.1. The SMILES string of the molecule is COc1cc(N2CCCC2)c(OC)cc1/C=C(/C#N)C(=O)NCCCc1ccccc1. The molecular weight excluding hydrogens is 390 g/mol. The van der Waals surface area contributed by atoms with Crippen LogP contribution in [0.15, 0.2) is 48.0 Å². The van der Waals surface area contributed by atoms with E-state index in [9.17, 15) is 10.1 Å². The number of ether oxygens (including phenoxy) is 2. The Morgan fingerprint density at radius 2 is 1.84 bits per heavy atom. The van der Waals surface area contributed by atoms with Crippen LogP contribution in [0.5, 0.6) is 11.5 Å². The summed E-state index contributed by atoms with van der Waals surface area (Å²) in [6.07, 6.45) is 5.53. The first-order valence-electron chi connectivity index (χ1n) is 10.6. The molecule has 1 heterocycles. The van der Waals surface area contributed by atoms with Crippen molar-refractivity contribution in [2.75, 3.05) is 38.8 Å². The molecule has 2 aromatic rings. The minimum Gasteiger partial charge on any atom is -0.496 e. The molecular formula is C25H29N3O3. The third-order valence-corrected chi connectivity index (χ3v) is 5.41. The topological polar surface area (TPSA) is 74.6 Å². The van der Waals surface area contributed by atoms with Crippen LogP contribution in [0.25, 0.3) is 6.08 Å². The van der Waals surface area contributed by atoms with Crippen LogP contribution in [0.4, 0.5) is 5.69 Å². The van der Waals surface area contributed by atoms with Crippen LogP contribution < -0.4 is 19.7 Å². The van der Waals surface area contributed by atoms with E-state index < -0.39 is 0 Å². The fraction of sp³-hybridized carbons (Fsp3) is 0.360. The lowest BCUT2D eigenvalue weighted by Gasteiger charge is -2.22. The molecule has 1 amide bonds. The minimum atomic E-state index is -0.389. The average molecular weight is 420 g/mol. The van der Waals surface area contributed by atoms with Crippen molar-refractivity contribution in [1.82, 2.24) is 5.32 Å². The smallest absolute Gasteiger partial charge is 0.261 e. The number of anilines is 1. The Hall–Kier alpha value is -3.46. The van der Waals surface area contributed by atoms with Crippen molar-refractivity contribution in [2.24, 2.45) is 0 Å². The second-order valence-electron chi connectivity index (χ2n) is 7.48. The maximum absolute atomic E-state index is 12.5. The molecule has 0 aliphatic carbocycles. The number of aryl methyl sites for hydroxylation is 1. The first-order chi connectivity index (χ1) is 15.2. The van der Waals surface area contributed by atoms with Crippen LogP contribution in [0, 0.1) is 11.3 Å². The number of hydrogen-bond acceptors (Lipinski definition) is 5. The van der Waals surface area contributed by atoms with E-state index in [1.807, 2.05) is 36.4 Å². The number of carbonyl (C=O) groups is 1. The highest BCUT2D eigenvalue weighted by Crippen LogP contribution is 2.38. The number of rotatable bonds is 9. The van der Waals surface area contributed by atoms with Gasteiger partial charge in [-0.25, -0.2) is 0 Å². The average Bonchev–Trinajstić information content (AvgIpc) is 3.35. The van der Waals surface area contributed by atoms with Gasteiger partial charge in [0.05, 0.1) is 19.9 Å². The first kappa shape index (κ1) is 22.2. The standard InChI is InChI=1S/C25H29N3O3/c1-30-23-17-22(28-13-6-7-14-28)24(31-2)16-20(23)15-21(18-26)25(29)27-12-8-11-19-9-4-3-5-10-19/h3-5,9-10,15-17H,6-8,11-14H2,1-2H3,(H,27,29)/b21-15-. The maximum Gasteiger partial charge on any atom is 0.261 e. The number of nitrogens with zero attached hydrogens (tertiary/aromatic N) is 2. The minimum absolute atomic E-state index is 0.0361. The molecule has 6 heteroatoms. The third-order valence-electron chi connectivity index (χ3n) is 5.41. The van der Waals surface area contributed by atoms with Crippen molar-refractivity contribution < 1.29 is 14.3 Å². The largest absolute Gasteiger partial charge is 0.496 e. The third kappa shape index (κ3) is 5.79. The van der Waals surface area contributed by atoms with Crippen molar-refractivity contribution in [1.29, 1.82) is 5.26 Å². The fourth-order valence-corrected chi connectivity index (χ4v) is 3.76. The molecule has 1 N–H and O–H groups in total. The van der Waals surface area contributed by atoms with Gasteiger partial charge >= 0.3 is 0 Å². The molecule has 0 aromatic heterocycles. The van der Waals surface area contributed by atoms with E-state index in [1.165, 1.54) is 5.56 Å². The molecule has 0 atom stereocenters. The van der Waals surface area contributed by atoms with Crippen molar-refractivity contribution in [3.63, 3.8) is 0 Å². The summed E-state index contributed by atoms with van der Waals surface area (Å²) in [7, 11) is 3.21. The molecule has 0 unspecified atom stereocenters. The monoisotopic (exact) mass is 419 g/mol. The molecule has 2 aromatic carbocycles.